The molecule has 1 aliphatic rings. The maximum Gasteiger partial charge on any atom is 0.307 e. The zero-order valence-electron chi connectivity index (χ0n) is 7.35. The van der Waals surface area contributed by atoms with Crippen molar-refractivity contribution in [1.29, 1.82) is 0 Å². The van der Waals surface area contributed by atoms with Crippen LogP contribution in [0.5, 0.6) is 0 Å². The zero-order valence-corrected chi connectivity index (χ0v) is 7.35. The maximum atomic E-state index is 10.7. The van der Waals surface area contributed by atoms with Gasteiger partial charge in [-0.1, -0.05) is 20.8 Å². The van der Waals surface area contributed by atoms with E-state index in [0.717, 1.165) is 12.8 Å². The standard InChI is InChI=1S/C9H15O2/c1-6-4-5-7(8(10)11)9(6,2)3/h7H,4-5H2,1-3H3,(H,10,11). The van der Waals surface area contributed by atoms with E-state index in [1.165, 1.54) is 5.92 Å². The minimum atomic E-state index is -0.646. The number of aliphatic carboxylic acids is 1. The molecule has 0 aromatic heterocycles. The van der Waals surface area contributed by atoms with Crippen molar-refractivity contribution >= 4 is 5.97 Å². The molecule has 1 atom stereocenters. The molecule has 1 fully saturated rings. The van der Waals surface area contributed by atoms with Crippen LogP contribution in [0.15, 0.2) is 0 Å². The summed E-state index contributed by atoms with van der Waals surface area (Å²) in [4.78, 5) is 10.7. The van der Waals surface area contributed by atoms with Crippen LogP contribution in [0.1, 0.15) is 33.6 Å². The summed E-state index contributed by atoms with van der Waals surface area (Å²) in [5.74, 6) is 0.513. The van der Waals surface area contributed by atoms with Crippen molar-refractivity contribution in [2.45, 2.75) is 33.6 Å². The van der Waals surface area contributed by atoms with Crippen LogP contribution < -0.4 is 0 Å². The second-order valence-electron chi connectivity index (χ2n) is 3.93. The Bertz CT molecular complexity index is 172. The number of hydrogen-bond donors (Lipinski definition) is 1. The van der Waals surface area contributed by atoms with Gasteiger partial charge in [-0.25, -0.2) is 0 Å². The van der Waals surface area contributed by atoms with E-state index in [2.05, 4.69) is 6.92 Å². The monoisotopic (exact) mass is 155 g/mol. The van der Waals surface area contributed by atoms with Crippen molar-refractivity contribution in [1.82, 2.24) is 0 Å². The van der Waals surface area contributed by atoms with Gasteiger partial charge in [-0.15, -0.1) is 0 Å². The van der Waals surface area contributed by atoms with Crippen molar-refractivity contribution in [2.75, 3.05) is 0 Å². The predicted molar refractivity (Wildman–Crippen MR) is 43.1 cm³/mol. The van der Waals surface area contributed by atoms with Crippen LogP contribution in [0.2, 0.25) is 0 Å². The van der Waals surface area contributed by atoms with Gasteiger partial charge >= 0.3 is 5.97 Å². The van der Waals surface area contributed by atoms with Gasteiger partial charge in [0.15, 0.2) is 0 Å². The van der Waals surface area contributed by atoms with Gasteiger partial charge < -0.3 is 5.11 Å². The highest BCUT2D eigenvalue weighted by Gasteiger charge is 2.44. The molecule has 2 nitrogen and oxygen atoms in total. The molecule has 11 heavy (non-hydrogen) atoms. The third kappa shape index (κ3) is 1.26. The fourth-order valence-electron chi connectivity index (χ4n) is 1.77. The molecule has 1 unspecified atom stereocenters. The van der Waals surface area contributed by atoms with Crippen LogP contribution >= 0.6 is 0 Å². The Labute approximate surface area is 67.6 Å². The molecule has 1 radical (unpaired) electrons. The summed E-state index contributed by atoms with van der Waals surface area (Å²) in [5.41, 5.74) is -0.0914. The second-order valence-corrected chi connectivity index (χ2v) is 3.93. The lowest BCUT2D eigenvalue weighted by atomic mass is 9.76. The van der Waals surface area contributed by atoms with Gasteiger partial charge in [0.25, 0.3) is 0 Å². The quantitative estimate of drug-likeness (QED) is 0.629. The van der Waals surface area contributed by atoms with Crippen molar-refractivity contribution in [2.24, 2.45) is 11.3 Å². The molecule has 1 aliphatic carbocycles. The van der Waals surface area contributed by atoms with Gasteiger partial charge in [0.1, 0.15) is 0 Å². The number of hydrogen-bond acceptors (Lipinski definition) is 1. The van der Waals surface area contributed by atoms with Gasteiger partial charge in [-0.3, -0.25) is 4.79 Å². The first-order chi connectivity index (χ1) is 4.96. The SMILES string of the molecule is C[C]1CCC(C(=O)O)C1(C)C. The van der Waals surface area contributed by atoms with E-state index in [1.54, 1.807) is 0 Å². The van der Waals surface area contributed by atoms with Crippen LogP contribution in [0.3, 0.4) is 0 Å². The molecule has 0 amide bonds. The number of carboxylic acids is 1. The third-order valence-corrected chi connectivity index (χ3v) is 3.08. The van der Waals surface area contributed by atoms with E-state index in [9.17, 15) is 4.79 Å². The van der Waals surface area contributed by atoms with Gasteiger partial charge in [0, 0.05) is 0 Å². The summed E-state index contributed by atoms with van der Waals surface area (Å²) in [7, 11) is 0. The highest BCUT2D eigenvalue weighted by Crippen LogP contribution is 2.48. The van der Waals surface area contributed by atoms with Crippen LogP contribution in [-0.4, -0.2) is 11.1 Å². The van der Waals surface area contributed by atoms with E-state index in [0.29, 0.717) is 0 Å². The highest BCUT2D eigenvalue weighted by molar-refractivity contribution is 5.72. The fourth-order valence-corrected chi connectivity index (χ4v) is 1.77. The zero-order chi connectivity index (χ0) is 8.65. The molecule has 0 bridgehead atoms. The summed E-state index contributed by atoms with van der Waals surface area (Å²) in [6, 6.07) is 0. The molecule has 0 heterocycles. The van der Waals surface area contributed by atoms with Gasteiger partial charge in [-0.05, 0) is 24.2 Å². The normalized spacial score (nSPS) is 30.6. The molecule has 0 aromatic rings. The van der Waals surface area contributed by atoms with E-state index in [-0.39, 0.29) is 11.3 Å². The van der Waals surface area contributed by atoms with Crippen LogP contribution in [0, 0.1) is 17.3 Å². The Hall–Kier alpha value is -0.530. The second kappa shape index (κ2) is 2.50. The molecule has 63 valence electrons. The molecular formula is C9H15O2. The molecular weight excluding hydrogens is 140 g/mol. The minimum Gasteiger partial charge on any atom is -0.481 e. The Morgan fingerprint density at radius 2 is 2.18 bits per heavy atom. The summed E-state index contributed by atoms with van der Waals surface area (Å²) in [6.45, 7) is 6.10. The van der Waals surface area contributed by atoms with Crippen LogP contribution in [-0.2, 0) is 4.79 Å². The lowest BCUT2D eigenvalue weighted by Crippen LogP contribution is -2.28. The van der Waals surface area contributed by atoms with Gasteiger partial charge in [-0.2, -0.15) is 0 Å². The van der Waals surface area contributed by atoms with E-state index in [4.69, 9.17) is 5.11 Å². The molecule has 0 aliphatic heterocycles. The number of rotatable bonds is 1. The average Bonchev–Trinajstić information content (AvgIpc) is 2.08. The predicted octanol–water partition coefficient (Wildman–Crippen LogP) is 2.10. The van der Waals surface area contributed by atoms with Crippen molar-refractivity contribution in [3.8, 4) is 0 Å². The maximum absolute atomic E-state index is 10.7. The Morgan fingerprint density at radius 3 is 2.36 bits per heavy atom. The van der Waals surface area contributed by atoms with Gasteiger partial charge in [0.05, 0.1) is 5.92 Å². The average molecular weight is 155 g/mol. The minimum absolute atomic E-state index is 0.0914. The lowest BCUT2D eigenvalue weighted by molar-refractivity contribution is -0.144. The molecule has 2 heteroatoms. The van der Waals surface area contributed by atoms with Crippen LogP contribution in [0.25, 0.3) is 0 Å². The summed E-state index contributed by atoms with van der Waals surface area (Å²) >= 11 is 0. The molecule has 1 N–H and O–H groups in total. The van der Waals surface area contributed by atoms with Gasteiger partial charge in [0.2, 0.25) is 0 Å². The van der Waals surface area contributed by atoms with Crippen molar-refractivity contribution in [3.05, 3.63) is 5.92 Å². The highest BCUT2D eigenvalue weighted by atomic mass is 16.4. The smallest absolute Gasteiger partial charge is 0.307 e. The molecule has 0 spiro atoms. The molecule has 1 rings (SSSR count). The first-order valence-corrected chi connectivity index (χ1v) is 4.02. The largest absolute Gasteiger partial charge is 0.481 e. The summed E-state index contributed by atoms with van der Waals surface area (Å²) < 4.78 is 0. The van der Waals surface area contributed by atoms with Crippen LogP contribution in [0.4, 0.5) is 0 Å². The third-order valence-electron chi connectivity index (χ3n) is 3.08. The summed E-state index contributed by atoms with van der Waals surface area (Å²) in [6.07, 6.45) is 1.79. The Kier molecular flexibility index (Phi) is 1.95. The number of carbonyl (C=O) groups is 1. The molecule has 1 saturated carbocycles. The Morgan fingerprint density at radius 1 is 1.64 bits per heavy atom. The van der Waals surface area contributed by atoms with E-state index >= 15 is 0 Å². The fraction of sp³-hybridized carbons (Fsp3) is 0.778. The summed E-state index contributed by atoms with van der Waals surface area (Å²) in [5, 5.41) is 8.85. The van der Waals surface area contributed by atoms with E-state index < -0.39 is 5.97 Å². The van der Waals surface area contributed by atoms with Crippen molar-refractivity contribution < 1.29 is 9.90 Å². The van der Waals surface area contributed by atoms with Crippen molar-refractivity contribution in [3.63, 3.8) is 0 Å². The first kappa shape index (κ1) is 8.57. The lowest BCUT2D eigenvalue weighted by Gasteiger charge is -2.27. The topological polar surface area (TPSA) is 37.3 Å². The number of carboxylic acid groups (broad SMARTS) is 1. The Balaban J connectivity index is 2.78. The molecule has 0 saturated heterocycles. The first-order valence-electron chi connectivity index (χ1n) is 4.02. The molecule has 0 aromatic carbocycles. The van der Waals surface area contributed by atoms with E-state index in [1.807, 2.05) is 13.8 Å².